The van der Waals surface area contributed by atoms with Gasteiger partial charge in [-0.15, -0.1) is 22.9 Å². The van der Waals surface area contributed by atoms with Gasteiger partial charge in [-0.1, -0.05) is 11.6 Å². The summed E-state index contributed by atoms with van der Waals surface area (Å²) < 4.78 is 5.08. The third-order valence-corrected chi connectivity index (χ3v) is 3.09. The number of rotatable bonds is 2. The molecule has 0 amide bonds. The molecule has 0 aliphatic rings. The molecule has 0 aliphatic heterocycles. The number of carbonyl (C=O) groups is 1. The number of thiophene rings is 1. The average Bonchev–Trinajstić information content (AvgIpc) is 2.49. The van der Waals surface area contributed by atoms with Gasteiger partial charge in [-0.25, -0.2) is 0 Å². The number of methoxy groups -OCH3 is 1. The number of esters is 1. The van der Waals surface area contributed by atoms with E-state index in [-0.39, 0.29) is 0 Å². The summed E-state index contributed by atoms with van der Waals surface area (Å²) in [6, 6.07) is 3.40. The fourth-order valence-corrected chi connectivity index (χ4v) is 2.01. The number of hydrogen-bond donors (Lipinski definition) is 0. The first-order valence-electron chi connectivity index (χ1n) is 3.12. The second-order valence-corrected chi connectivity index (χ2v) is 4.21. The summed E-state index contributed by atoms with van der Waals surface area (Å²) in [6.45, 7) is 0. The normalized spacial score (nSPS) is 12.6. The van der Waals surface area contributed by atoms with Crippen LogP contribution in [0.25, 0.3) is 0 Å². The first kappa shape index (κ1) is 9.84. The van der Waals surface area contributed by atoms with Crippen LogP contribution in [0.15, 0.2) is 12.1 Å². The Morgan fingerprint density at radius 2 is 2.33 bits per heavy atom. The monoisotopic (exact) mass is 224 g/mol. The van der Waals surface area contributed by atoms with Crippen molar-refractivity contribution >= 4 is 40.5 Å². The van der Waals surface area contributed by atoms with Crippen LogP contribution in [0.4, 0.5) is 0 Å². The van der Waals surface area contributed by atoms with Gasteiger partial charge >= 0.3 is 5.97 Å². The quantitative estimate of drug-likeness (QED) is 0.571. The molecule has 0 N–H and O–H groups in total. The van der Waals surface area contributed by atoms with Gasteiger partial charge in [0.1, 0.15) is 0 Å². The lowest BCUT2D eigenvalue weighted by Gasteiger charge is -2.02. The molecule has 0 aliphatic carbocycles. The summed E-state index contributed by atoms with van der Waals surface area (Å²) in [6.07, 6.45) is 0. The van der Waals surface area contributed by atoms with Crippen molar-refractivity contribution in [2.24, 2.45) is 0 Å². The molecule has 1 unspecified atom stereocenters. The van der Waals surface area contributed by atoms with E-state index >= 15 is 0 Å². The smallest absolute Gasteiger partial charge is 0.329 e. The Labute approximate surface area is 84.0 Å². The van der Waals surface area contributed by atoms with Crippen molar-refractivity contribution in [3.63, 3.8) is 0 Å². The molecule has 0 aromatic carbocycles. The summed E-state index contributed by atoms with van der Waals surface area (Å²) in [5.74, 6) is -0.463. The minimum absolute atomic E-state index is 0.463. The van der Waals surface area contributed by atoms with Gasteiger partial charge in [0.2, 0.25) is 0 Å². The van der Waals surface area contributed by atoms with Crippen LogP contribution < -0.4 is 0 Å². The van der Waals surface area contributed by atoms with Crippen molar-refractivity contribution in [1.29, 1.82) is 0 Å². The minimum Gasteiger partial charge on any atom is -0.468 e. The molecular formula is C7H6Cl2O2S. The van der Waals surface area contributed by atoms with E-state index in [1.807, 2.05) is 0 Å². The van der Waals surface area contributed by atoms with Crippen molar-refractivity contribution in [3.8, 4) is 0 Å². The molecule has 1 atom stereocenters. The molecule has 5 heteroatoms. The second-order valence-electron chi connectivity index (χ2n) is 2.03. The predicted molar refractivity (Wildman–Crippen MR) is 49.9 cm³/mol. The van der Waals surface area contributed by atoms with Crippen LogP contribution in [-0.2, 0) is 9.53 Å². The topological polar surface area (TPSA) is 26.3 Å². The number of alkyl halides is 1. The summed E-state index contributed by atoms with van der Waals surface area (Å²) in [5, 5.41) is -0.743. The predicted octanol–water partition coefficient (Wildman–Crippen LogP) is 2.85. The highest BCUT2D eigenvalue weighted by atomic mass is 35.5. The third-order valence-electron chi connectivity index (χ3n) is 1.25. The number of hydrogen-bond acceptors (Lipinski definition) is 3. The fourth-order valence-electron chi connectivity index (χ4n) is 0.684. The highest BCUT2D eigenvalue weighted by molar-refractivity contribution is 7.16. The van der Waals surface area contributed by atoms with Crippen LogP contribution in [0.3, 0.4) is 0 Å². The Kier molecular flexibility index (Phi) is 3.38. The highest BCUT2D eigenvalue weighted by Gasteiger charge is 2.19. The van der Waals surface area contributed by atoms with Crippen molar-refractivity contribution in [2.45, 2.75) is 5.38 Å². The molecule has 0 bridgehead atoms. The Morgan fingerprint density at radius 3 is 2.75 bits per heavy atom. The molecule has 1 aromatic rings. The first-order valence-corrected chi connectivity index (χ1v) is 4.75. The van der Waals surface area contributed by atoms with E-state index in [9.17, 15) is 4.79 Å². The molecule has 12 heavy (non-hydrogen) atoms. The van der Waals surface area contributed by atoms with Gasteiger partial charge in [-0.3, -0.25) is 4.79 Å². The standard InChI is InChI=1S/C7H6Cl2O2S/c1-11-7(10)6(9)4-2-3-5(8)12-4/h2-3,6H,1H3. The maximum absolute atomic E-state index is 10.9. The summed E-state index contributed by atoms with van der Waals surface area (Å²) >= 11 is 12.7. The fraction of sp³-hybridized carbons (Fsp3) is 0.286. The van der Waals surface area contributed by atoms with Gasteiger partial charge in [0, 0.05) is 4.88 Å². The zero-order valence-corrected chi connectivity index (χ0v) is 8.54. The molecular weight excluding hydrogens is 219 g/mol. The first-order chi connectivity index (χ1) is 5.65. The lowest BCUT2D eigenvalue weighted by atomic mass is 10.3. The molecule has 1 heterocycles. The molecule has 0 spiro atoms. The van der Waals surface area contributed by atoms with Crippen LogP contribution in [0.2, 0.25) is 4.34 Å². The van der Waals surface area contributed by atoms with Crippen LogP contribution in [0.5, 0.6) is 0 Å². The molecule has 66 valence electrons. The number of ether oxygens (including phenoxy) is 1. The van der Waals surface area contributed by atoms with E-state index in [1.54, 1.807) is 12.1 Å². The van der Waals surface area contributed by atoms with Crippen LogP contribution in [0, 0.1) is 0 Å². The van der Waals surface area contributed by atoms with Crippen molar-refractivity contribution in [2.75, 3.05) is 7.11 Å². The molecule has 1 aromatic heterocycles. The SMILES string of the molecule is COC(=O)C(Cl)c1ccc(Cl)s1. The van der Waals surface area contributed by atoms with Gasteiger partial charge in [-0.05, 0) is 12.1 Å². The van der Waals surface area contributed by atoms with Crippen molar-refractivity contribution in [1.82, 2.24) is 0 Å². The van der Waals surface area contributed by atoms with Crippen LogP contribution >= 0.6 is 34.5 Å². The van der Waals surface area contributed by atoms with Gasteiger partial charge in [0.15, 0.2) is 5.38 Å². The van der Waals surface area contributed by atoms with E-state index < -0.39 is 11.3 Å². The molecule has 1 rings (SSSR count). The number of halogens is 2. The summed E-state index contributed by atoms with van der Waals surface area (Å²) in [5.41, 5.74) is 0. The molecule has 0 saturated carbocycles. The molecule has 0 radical (unpaired) electrons. The summed E-state index contributed by atoms with van der Waals surface area (Å²) in [7, 11) is 1.30. The van der Waals surface area contributed by atoms with Crippen molar-refractivity contribution < 1.29 is 9.53 Å². The van der Waals surface area contributed by atoms with E-state index in [0.717, 1.165) is 0 Å². The Balaban J connectivity index is 2.77. The van der Waals surface area contributed by atoms with E-state index in [0.29, 0.717) is 9.21 Å². The molecule has 0 saturated heterocycles. The van der Waals surface area contributed by atoms with E-state index in [4.69, 9.17) is 23.2 Å². The average molecular weight is 225 g/mol. The van der Waals surface area contributed by atoms with E-state index in [1.165, 1.54) is 18.4 Å². The minimum atomic E-state index is -0.743. The Bertz CT molecular complexity index is 285. The van der Waals surface area contributed by atoms with Gasteiger partial charge in [0.25, 0.3) is 0 Å². The zero-order chi connectivity index (χ0) is 9.14. The maximum atomic E-state index is 10.9. The van der Waals surface area contributed by atoms with E-state index in [2.05, 4.69) is 4.74 Å². The number of carbonyl (C=O) groups excluding carboxylic acids is 1. The largest absolute Gasteiger partial charge is 0.468 e. The van der Waals surface area contributed by atoms with Crippen LogP contribution in [-0.4, -0.2) is 13.1 Å². The highest BCUT2D eigenvalue weighted by Crippen LogP contribution is 2.31. The second kappa shape index (κ2) is 4.12. The summed E-state index contributed by atoms with van der Waals surface area (Å²) in [4.78, 5) is 11.6. The Morgan fingerprint density at radius 1 is 1.67 bits per heavy atom. The molecule has 0 fully saturated rings. The lowest BCUT2D eigenvalue weighted by molar-refractivity contribution is -0.140. The Hall–Kier alpha value is -0.250. The maximum Gasteiger partial charge on any atom is 0.329 e. The zero-order valence-electron chi connectivity index (χ0n) is 6.21. The van der Waals surface area contributed by atoms with Crippen LogP contribution in [0.1, 0.15) is 10.3 Å². The lowest BCUT2D eigenvalue weighted by Crippen LogP contribution is -2.06. The van der Waals surface area contributed by atoms with Crippen molar-refractivity contribution in [3.05, 3.63) is 21.3 Å². The third kappa shape index (κ3) is 2.12. The van der Waals surface area contributed by atoms with Gasteiger partial charge < -0.3 is 4.74 Å². The molecule has 2 nitrogen and oxygen atoms in total. The van der Waals surface area contributed by atoms with Gasteiger partial charge in [-0.2, -0.15) is 0 Å². The van der Waals surface area contributed by atoms with Gasteiger partial charge in [0.05, 0.1) is 11.4 Å².